The van der Waals surface area contributed by atoms with E-state index in [4.69, 9.17) is 14.2 Å². The SMILES string of the molecule is CC(C)(C)OC(=O)NC1CCCNC1COC1CC=C(c2c(F)cccc2OCC=O)CC1. The van der Waals surface area contributed by atoms with Crippen molar-refractivity contribution in [3.05, 3.63) is 35.7 Å². The predicted octanol–water partition coefficient (Wildman–Crippen LogP) is 4.00. The molecule has 0 saturated carbocycles. The summed E-state index contributed by atoms with van der Waals surface area (Å²) >= 11 is 0. The zero-order valence-electron chi connectivity index (χ0n) is 19.7. The second-order valence-corrected chi connectivity index (χ2v) is 9.51. The van der Waals surface area contributed by atoms with Gasteiger partial charge in [-0.3, -0.25) is 4.79 Å². The average Bonchev–Trinajstić information content (AvgIpc) is 2.76. The smallest absolute Gasteiger partial charge is 0.407 e. The summed E-state index contributed by atoms with van der Waals surface area (Å²) in [7, 11) is 0. The normalized spacial score (nSPS) is 23.4. The molecular formula is C25H35FN2O5. The number of amides is 1. The fraction of sp³-hybridized carbons (Fsp3) is 0.600. The fourth-order valence-electron chi connectivity index (χ4n) is 4.25. The third kappa shape index (κ3) is 7.54. The Kier molecular flexibility index (Phi) is 8.86. The Bertz CT molecular complexity index is 852. The number of hydrogen-bond acceptors (Lipinski definition) is 6. The van der Waals surface area contributed by atoms with Gasteiger partial charge in [0.05, 0.1) is 24.3 Å². The van der Waals surface area contributed by atoms with E-state index < -0.39 is 11.7 Å². The number of aldehydes is 1. The zero-order valence-corrected chi connectivity index (χ0v) is 19.7. The number of carbonyl (C=O) groups is 2. The lowest BCUT2D eigenvalue weighted by Gasteiger charge is -2.35. The highest BCUT2D eigenvalue weighted by Gasteiger charge is 2.29. The first-order valence-corrected chi connectivity index (χ1v) is 11.7. The van der Waals surface area contributed by atoms with Crippen LogP contribution in [-0.2, 0) is 14.3 Å². The molecule has 182 valence electrons. The van der Waals surface area contributed by atoms with Crippen molar-refractivity contribution in [1.82, 2.24) is 10.6 Å². The first-order chi connectivity index (χ1) is 15.8. The molecular weight excluding hydrogens is 427 g/mol. The van der Waals surface area contributed by atoms with Crippen molar-refractivity contribution in [2.45, 2.75) is 76.7 Å². The number of hydrogen-bond donors (Lipinski definition) is 2. The topological polar surface area (TPSA) is 85.9 Å². The van der Waals surface area contributed by atoms with Crippen LogP contribution >= 0.6 is 0 Å². The zero-order chi connectivity index (χ0) is 23.8. The summed E-state index contributed by atoms with van der Waals surface area (Å²) in [6, 6.07) is 4.61. The van der Waals surface area contributed by atoms with Gasteiger partial charge in [-0.05, 0) is 77.1 Å². The molecule has 2 N–H and O–H groups in total. The highest BCUT2D eigenvalue weighted by Crippen LogP contribution is 2.35. The molecule has 3 atom stereocenters. The van der Waals surface area contributed by atoms with Gasteiger partial charge in [0.15, 0.2) is 6.29 Å². The molecule has 1 heterocycles. The largest absolute Gasteiger partial charge is 0.485 e. The monoisotopic (exact) mass is 462 g/mol. The Morgan fingerprint density at radius 3 is 2.82 bits per heavy atom. The number of ether oxygens (including phenoxy) is 3. The lowest BCUT2D eigenvalue weighted by atomic mass is 9.91. The number of allylic oxidation sites excluding steroid dienone is 1. The number of carbonyl (C=O) groups excluding carboxylic acids is 2. The first kappa shape index (κ1) is 25.2. The maximum Gasteiger partial charge on any atom is 0.407 e. The van der Waals surface area contributed by atoms with Gasteiger partial charge in [-0.25, -0.2) is 9.18 Å². The molecule has 7 nitrogen and oxygen atoms in total. The van der Waals surface area contributed by atoms with E-state index in [0.29, 0.717) is 37.0 Å². The molecule has 33 heavy (non-hydrogen) atoms. The molecule has 8 heteroatoms. The molecule has 0 radical (unpaired) electrons. The highest BCUT2D eigenvalue weighted by atomic mass is 19.1. The van der Waals surface area contributed by atoms with Gasteiger partial charge in [0.2, 0.25) is 0 Å². The quantitative estimate of drug-likeness (QED) is 0.568. The fourth-order valence-corrected chi connectivity index (χ4v) is 4.25. The van der Waals surface area contributed by atoms with Gasteiger partial charge in [-0.15, -0.1) is 0 Å². The van der Waals surface area contributed by atoms with Crippen molar-refractivity contribution < 1.29 is 28.2 Å². The Labute approximate surface area is 195 Å². The molecule has 1 aromatic rings. The number of nitrogens with one attached hydrogen (secondary N) is 2. The molecule has 1 aliphatic carbocycles. The number of benzene rings is 1. The van der Waals surface area contributed by atoms with E-state index in [-0.39, 0.29) is 30.6 Å². The average molecular weight is 463 g/mol. The Morgan fingerprint density at radius 1 is 1.30 bits per heavy atom. The molecule has 0 bridgehead atoms. The summed E-state index contributed by atoms with van der Waals surface area (Å²) < 4.78 is 31.5. The van der Waals surface area contributed by atoms with Gasteiger partial charge in [-0.2, -0.15) is 0 Å². The molecule has 0 aromatic heterocycles. The van der Waals surface area contributed by atoms with Gasteiger partial charge in [0.25, 0.3) is 0 Å². The van der Waals surface area contributed by atoms with Crippen LogP contribution in [0.5, 0.6) is 5.75 Å². The summed E-state index contributed by atoms with van der Waals surface area (Å²) in [5.41, 5.74) is 0.753. The minimum atomic E-state index is -0.541. The van der Waals surface area contributed by atoms with Crippen molar-refractivity contribution >= 4 is 18.0 Å². The predicted molar refractivity (Wildman–Crippen MR) is 124 cm³/mol. The van der Waals surface area contributed by atoms with E-state index in [9.17, 15) is 14.0 Å². The van der Waals surface area contributed by atoms with Gasteiger partial charge in [0.1, 0.15) is 23.8 Å². The maximum absolute atomic E-state index is 14.5. The van der Waals surface area contributed by atoms with Crippen molar-refractivity contribution in [3.8, 4) is 5.75 Å². The third-order valence-corrected chi connectivity index (χ3v) is 5.76. The number of halogens is 1. The standard InChI is InChI=1S/C25H35FN2O5/c1-25(2,3)33-24(30)28-20-7-5-13-27-21(20)16-32-18-11-9-17(10-12-18)23-19(26)6-4-8-22(23)31-15-14-29/h4,6,8-9,14,18,20-21,27H,5,7,10-13,15-16H2,1-3H3,(H,28,30). The summed E-state index contributed by atoms with van der Waals surface area (Å²) in [6.45, 7) is 6.78. The van der Waals surface area contributed by atoms with E-state index in [2.05, 4.69) is 10.6 Å². The third-order valence-electron chi connectivity index (χ3n) is 5.76. The van der Waals surface area contributed by atoms with Gasteiger partial charge >= 0.3 is 6.09 Å². The first-order valence-electron chi connectivity index (χ1n) is 11.7. The van der Waals surface area contributed by atoms with Crippen molar-refractivity contribution in [2.75, 3.05) is 19.8 Å². The van der Waals surface area contributed by atoms with Crippen LogP contribution < -0.4 is 15.4 Å². The van der Waals surface area contributed by atoms with E-state index in [1.54, 1.807) is 12.1 Å². The van der Waals surface area contributed by atoms with E-state index in [1.165, 1.54) is 6.07 Å². The molecule has 1 saturated heterocycles. The van der Waals surface area contributed by atoms with Gasteiger partial charge in [0, 0.05) is 6.04 Å². The Balaban J connectivity index is 1.55. The molecule has 3 rings (SSSR count). The van der Waals surface area contributed by atoms with Gasteiger partial charge in [-0.1, -0.05) is 12.1 Å². The number of piperidine rings is 1. The Hall–Kier alpha value is -2.45. The minimum absolute atomic E-state index is 0.00607. The summed E-state index contributed by atoms with van der Waals surface area (Å²) in [6.07, 6.45) is 6.16. The lowest BCUT2D eigenvalue weighted by Crippen LogP contribution is -2.56. The van der Waals surface area contributed by atoms with Crippen LogP contribution in [0.4, 0.5) is 9.18 Å². The second-order valence-electron chi connectivity index (χ2n) is 9.51. The Morgan fingerprint density at radius 2 is 2.12 bits per heavy atom. The van der Waals surface area contributed by atoms with Crippen molar-refractivity contribution in [2.24, 2.45) is 0 Å². The molecule has 1 amide bonds. The summed E-state index contributed by atoms with van der Waals surface area (Å²) in [4.78, 5) is 22.9. The number of alkyl carbamates (subject to hydrolysis) is 1. The van der Waals surface area contributed by atoms with Crippen molar-refractivity contribution in [3.63, 3.8) is 0 Å². The van der Waals surface area contributed by atoms with Crippen LogP contribution in [0.3, 0.4) is 0 Å². The van der Waals surface area contributed by atoms with Crippen LogP contribution in [0, 0.1) is 5.82 Å². The maximum atomic E-state index is 14.5. The van der Waals surface area contributed by atoms with Crippen molar-refractivity contribution in [1.29, 1.82) is 0 Å². The van der Waals surface area contributed by atoms with Crippen LogP contribution in [0.1, 0.15) is 58.4 Å². The van der Waals surface area contributed by atoms with Crippen LogP contribution in [-0.4, -0.2) is 55.9 Å². The van der Waals surface area contributed by atoms with E-state index in [1.807, 2.05) is 26.8 Å². The van der Waals surface area contributed by atoms with E-state index >= 15 is 0 Å². The molecule has 1 aromatic carbocycles. The highest BCUT2D eigenvalue weighted by molar-refractivity contribution is 5.72. The number of rotatable bonds is 8. The lowest BCUT2D eigenvalue weighted by molar-refractivity contribution is -0.109. The second kappa shape index (κ2) is 11.6. The summed E-state index contributed by atoms with van der Waals surface area (Å²) in [5, 5.41) is 6.42. The van der Waals surface area contributed by atoms with Gasteiger partial charge < -0.3 is 24.8 Å². The van der Waals surface area contributed by atoms with Crippen LogP contribution in [0.2, 0.25) is 0 Å². The minimum Gasteiger partial charge on any atom is -0.485 e. The molecule has 2 aliphatic rings. The van der Waals surface area contributed by atoms with Crippen LogP contribution in [0.15, 0.2) is 24.3 Å². The van der Waals surface area contributed by atoms with E-state index in [0.717, 1.165) is 31.4 Å². The molecule has 1 fully saturated rings. The van der Waals surface area contributed by atoms with Crippen LogP contribution in [0.25, 0.3) is 5.57 Å². The molecule has 1 aliphatic heterocycles. The molecule has 3 unspecified atom stereocenters. The summed E-state index contributed by atoms with van der Waals surface area (Å²) in [5.74, 6) is 0.0293. The molecule has 0 spiro atoms.